The number of likely N-dealkylation sites (tertiary alicyclic amines) is 1. The lowest BCUT2D eigenvalue weighted by atomic mass is 10.1. The molecular weight excluding hydrogens is 230 g/mol. The monoisotopic (exact) mass is 255 g/mol. The molecule has 3 atom stereocenters. The minimum absolute atomic E-state index is 0.217. The molecule has 0 unspecified atom stereocenters. The molecule has 0 aliphatic carbocycles. The quantitative estimate of drug-likeness (QED) is 0.771. The second-order valence-corrected chi connectivity index (χ2v) is 5.71. The Morgan fingerprint density at radius 3 is 2.61 bits per heavy atom. The number of rotatable bonds is 4. The van der Waals surface area contributed by atoms with Crippen molar-refractivity contribution in [1.29, 1.82) is 0 Å². The zero-order valence-corrected chi connectivity index (χ0v) is 11.5. The van der Waals surface area contributed by atoms with E-state index in [-0.39, 0.29) is 5.91 Å². The normalized spacial score (nSPS) is 34.9. The maximum Gasteiger partial charge on any atom is 0.231 e. The van der Waals surface area contributed by atoms with Crippen LogP contribution in [0.15, 0.2) is 0 Å². The molecule has 2 saturated heterocycles. The maximum absolute atomic E-state index is 11.0. The van der Waals surface area contributed by atoms with Gasteiger partial charge in [-0.2, -0.15) is 0 Å². The highest BCUT2D eigenvalue weighted by Gasteiger charge is 2.30. The Kier molecular flexibility index (Phi) is 4.59. The summed E-state index contributed by atoms with van der Waals surface area (Å²) in [6.07, 6.45) is 2.96. The van der Waals surface area contributed by atoms with Crippen LogP contribution in [0.4, 0.5) is 0 Å². The van der Waals surface area contributed by atoms with Crippen molar-refractivity contribution in [2.75, 3.05) is 32.7 Å². The zero-order valence-electron chi connectivity index (χ0n) is 11.5. The number of ether oxygens (including phenoxy) is 1. The predicted octanol–water partition coefficient (Wildman–Crippen LogP) is 0.0453. The number of carbonyl (C=O) groups excluding carboxylic acids is 1. The highest BCUT2D eigenvalue weighted by atomic mass is 16.5. The fourth-order valence-electron chi connectivity index (χ4n) is 3.24. The third-order valence-electron chi connectivity index (χ3n) is 3.82. The van der Waals surface area contributed by atoms with Gasteiger partial charge in [0.1, 0.15) is 0 Å². The number of nitrogens with two attached hydrogens (primary N) is 1. The van der Waals surface area contributed by atoms with Crippen LogP contribution < -0.4 is 5.73 Å². The lowest BCUT2D eigenvalue weighted by Gasteiger charge is -2.38. The summed E-state index contributed by atoms with van der Waals surface area (Å²) in [4.78, 5) is 15.7. The Morgan fingerprint density at radius 2 is 2.00 bits per heavy atom. The van der Waals surface area contributed by atoms with Crippen molar-refractivity contribution < 1.29 is 9.53 Å². The number of amides is 1. The molecular formula is C13H25N3O2. The van der Waals surface area contributed by atoms with Crippen molar-refractivity contribution in [1.82, 2.24) is 9.80 Å². The van der Waals surface area contributed by atoms with Crippen LogP contribution in [0.3, 0.4) is 0 Å². The summed E-state index contributed by atoms with van der Waals surface area (Å²) in [5, 5.41) is 0. The lowest BCUT2D eigenvalue weighted by Crippen LogP contribution is -2.50. The van der Waals surface area contributed by atoms with Crippen LogP contribution in [0, 0.1) is 0 Å². The Bertz CT molecular complexity index is 288. The average molecular weight is 255 g/mol. The largest absolute Gasteiger partial charge is 0.373 e. The Balaban J connectivity index is 1.85. The molecule has 2 aliphatic heterocycles. The highest BCUT2D eigenvalue weighted by Crippen LogP contribution is 2.20. The fourth-order valence-corrected chi connectivity index (χ4v) is 3.24. The molecule has 0 radical (unpaired) electrons. The molecule has 2 heterocycles. The minimum Gasteiger partial charge on any atom is -0.373 e. The Hall–Kier alpha value is -0.650. The molecule has 2 fully saturated rings. The first kappa shape index (κ1) is 13.8. The van der Waals surface area contributed by atoms with Gasteiger partial charge in [-0.05, 0) is 33.2 Å². The molecule has 0 bridgehead atoms. The summed E-state index contributed by atoms with van der Waals surface area (Å²) < 4.78 is 5.74. The molecule has 5 nitrogen and oxygen atoms in total. The van der Waals surface area contributed by atoms with Gasteiger partial charge in [0, 0.05) is 25.7 Å². The van der Waals surface area contributed by atoms with Gasteiger partial charge in [-0.15, -0.1) is 0 Å². The van der Waals surface area contributed by atoms with Gasteiger partial charge >= 0.3 is 0 Å². The van der Waals surface area contributed by atoms with E-state index in [9.17, 15) is 4.79 Å². The van der Waals surface area contributed by atoms with Gasteiger partial charge < -0.3 is 10.5 Å². The standard InChI is InChI=1S/C13H25N3O2/c1-10-6-15(7-11(2)18-10)8-12-4-3-5-16(12)9-13(14)17/h10-12H,3-9H2,1-2H3,(H2,14,17)/t10-,11+,12-/m1/s1. The van der Waals surface area contributed by atoms with Gasteiger partial charge in [-0.25, -0.2) is 0 Å². The van der Waals surface area contributed by atoms with Crippen molar-refractivity contribution in [3.63, 3.8) is 0 Å². The van der Waals surface area contributed by atoms with Crippen LogP contribution in [-0.4, -0.2) is 66.7 Å². The molecule has 0 spiro atoms. The molecule has 2 N–H and O–H groups in total. The van der Waals surface area contributed by atoms with Gasteiger partial charge in [-0.3, -0.25) is 14.6 Å². The summed E-state index contributed by atoms with van der Waals surface area (Å²) >= 11 is 0. The first-order chi connectivity index (χ1) is 8.54. The molecule has 18 heavy (non-hydrogen) atoms. The van der Waals surface area contributed by atoms with E-state index in [4.69, 9.17) is 10.5 Å². The summed E-state index contributed by atoms with van der Waals surface area (Å²) in [5.41, 5.74) is 5.30. The van der Waals surface area contributed by atoms with E-state index in [0.717, 1.165) is 26.2 Å². The summed E-state index contributed by atoms with van der Waals surface area (Å²) in [5.74, 6) is -0.217. The SMILES string of the molecule is C[C@@H]1CN(C[C@H]2CCCN2CC(N)=O)C[C@H](C)O1. The summed E-state index contributed by atoms with van der Waals surface area (Å²) in [6, 6.07) is 0.481. The average Bonchev–Trinajstić information content (AvgIpc) is 2.63. The van der Waals surface area contributed by atoms with Crippen LogP contribution in [-0.2, 0) is 9.53 Å². The van der Waals surface area contributed by atoms with Gasteiger partial charge in [0.15, 0.2) is 0 Å². The Morgan fingerprint density at radius 1 is 1.33 bits per heavy atom. The molecule has 5 heteroatoms. The number of primary amides is 1. The third kappa shape index (κ3) is 3.67. The van der Waals surface area contributed by atoms with Crippen LogP contribution in [0.1, 0.15) is 26.7 Å². The first-order valence-corrected chi connectivity index (χ1v) is 6.94. The second kappa shape index (κ2) is 5.99. The van der Waals surface area contributed by atoms with Crippen molar-refractivity contribution in [3.8, 4) is 0 Å². The van der Waals surface area contributed by atoms with Crippen molar-refractivity contribution in [2.45, 2.75) is 44.9 Å². The highest BCUT2D eigenvalue weighted by molar-refractivity contribution is 5.76. The predicted molar refractivity (Wildman–Crippen MR) is 70.2 cm³/mol. The van der Waals surface area contributed by atoms with Crippen LogP contribution in [0.2, 0.25) is 0 Å². The lowest BCUT2D eigenvalue weighted by molar-refractivity contribution is -0.119. The number of morpholine rings is 1. The number of carbonyl (C=O) groups is 1. The van der Waals surface area contributed by atoms with E-state index in [1.165, 1.54) is 12.8 Å². The molecule has 0 aromatic carbocycles. The van der Waals surface area contributed by atoms with E-state index < -0.39 is 0 Å². The Labute approximate surface area is 109 Å². The zero-order chi connectivity index (χ0) is 13.1. The molecule has 104 valence electrons. The smallest absolute Gasteiger partial charge is 0.231 e. The van der Waals surface area contributed by atoms with Crippen LogP contribution in [0.5, 0.6) is 0 Å². The van der Waals surface area contributed by atoms with E-state index in [1.54, 1.807) is 0 Å². The van der Waals surface area contributed by atoms with Gasteiger partial charge in [0.2, 0.25) is 5.91 Å². The molecule has 2 aliphatic rings. The van der Waals surface area contributed by atoms with Gasteiger partial charge in [-0.1, -0.05) is 0 Å². The topological polar surface area (TPSA) is 58.8 Å². The molecule has 2 rings (SSSR count). The molecule has 1 amide bonds. The van der Waals surface area contributed by atoms with E-state index in [0.29, 0.717) is 24.8 Å². The first-order valence-electron chi connectivity index (χ1n) is 6.94. The number of nitrogens with zero attached hydrogens (tertiary/aromatic N) is 2. The van der Waals surface area contributed by atoms with E-state index in [2.05, 4.69) is 23.6 Å². The van der Waals surface area contributed by atoms with Crippen molar-refractivity contribution in [2.24, 2.45) is 5.73 Å². The summed E-state index contributed by atoms with van der Waals surface area (Å²) in [7, 11) is 0. The van der Waals surface area contributed by atoms with E-state index >= 15 is 0 Å². The number of hydrogen-bond donors (Lipinski definition) is 1. The van der Waals surface area contributed by atoms with E-state index in [1.807, 2.05) is 0 Å². The van der Waals surface area contributed by atoms with Crippen molar-refractivity contribution >= 4 is 5.91 Å². The third-order valence-corrected chi connectivity index (χ3v) is 3.82. The molecule has 0 aromatic rings. The minimum atomic E-state index is -0.217. The van der Waals surface area contributed by atoms with Crippen LogP contribution in [0.25, 0.3) is 0 Å². The number of hydrogen-bond acceptors (Lipinski definition) is 4. The van der Waals surface area contributed by atoms with Gasteiger partial charge in [0.25, 0.3) is 0 Å². The fraction of sp³-hybridized carbons (Fsp3) is 0.923. The molecule has 0 saturated carbocycles. The second-order valence-electron chi connectivity index (χ2n) is 5.71. The van der Waals surface area contributed by atoms with Gasteiger partial charge in [0.05, 0.1) is 18.8 Å². The maximum atomic E-state index is 11.0. The molecule has 0 aromatic heterocycles. The van der Waals surface area contributed by atoms with Crippen molar-refractivity contribution in [3.05, 3.63) is 0 Å². The summed E-state index contributed by atoms with van der Waals surface area (Å²) in [6.45, 7) is 8.67. The van der Waals surface area contributed by atoms with Crippen LogP contribution >= 0.6 is 0 Å².